The number of urea groups is 1. The van der Waals surface area contributed by atoms with E-state index < -0.39 is 12.0 Å². The fourth-order valence-corrected chi connectivity index (χ4v) is 1.91. The summed E-state index contributed by atoms with van der Waals surface area (Å²) in [5.74, 6) is -0.461. The lowest BCUT2D eigenvalue weighted by molar-refractivity contribution is 0.0697. The number of hydrogen-bond donors (Lipinski definition) is 4. The maximum absolute atomic E-state index is 11.9. The van der Waals surface area contributed by atoms with E-state index in [0.29, 0.717) is 11.5 Å². The van der Waals surface area contributed by atoms with Gasteiger partial charge >= 0.3 is 12.0 Å². The van der Waals surface area contributed by atoms with E-state index in [4.69, 9.17) is 16.7 Å². The van der Waals surface area contributed by atoms with E-state index in [2.05, 4.69) is 20.6 Å². The number of aromatic amines is 1. The lowest BCUT2D eigenvalue weighted by Gasteiger charge is -2.13. The Bertz CT molecular complexity index is 657. The van der Waals surface area contributed by atoms with Crippen molar-refractivity contribution >= 4 is 29.3 Å². The zero-order valence-corrected chi connectivity index (χ0v) is 11.8. The standard InChI is InChI=1S/C13H13ClN4O3/c1-7(11-15-4-5-16-11)17-13(21)18-10-3-2-8(12(19)20)6-9(10)14/h2-7H,1H3,(H,15,16)(H,19,20)(H2,17,18,21). The summed E-state index contributed by atoms with van der Waals surface area (Å²) in [6.07, 6.45) is 3.25. The summed E-state index contributed by atoms with van der Waals surface area (Å²) in [4.78, 5) is 29.6. The Morgan fingerprint density at radius 1 is 1.43 bits per heavy atom. The Morgan fingerprint density at radius 3 is 2.76 bits per heavy atom. The molecule has 0 saturated carbocycles. The first-order chi connectivity index (χ1) is 9.97. The van der Waals surface area contributed by atoms with Crippen molar-refractivity contribution in [3.05, 3.63) is 47.0 Å². The molecule has 0 aliphatic carbocycles. The van der Waals surface area contributed by atoms with Crippen LogP contribution in [0.3, 0.4) is 0 Å². The molecule has 8 heteroatoms. The maximum atomic E-state index is 11.9. The molecule has 1 heterocycles. The summed E-state index contributed by atoms with van der Waals surface area (Å²) in [6, 6.07) is 3.29. The number of hydrogen-bond acceptors (Lipinski definition) is 3. The second-order valence-electron chi connectivity index (χ2n) is 4.29. The van der Waals surface area contributed by atoms with Gasteiger partial charge in [-0.1, -0.05) is 11.6 Å². The monoisotopic (exact) mass is 308 g/mol. The Kier molecular flexibility index (Phi) is 4.44. The minimum absolute atomic E-state index is 0.0508. The van der Waals surface area contributed by atoms with Gasteiger partial charge < -0.3 is 20.7 Å². The first kappa shape index (κ1) is 14.9. The number of carboxylic acid groups (broad SMARTS) is 1. The SMILES string of the molecule is CC(NC(=O)Nc1ccc(C(=O)O)cc1Cl)c1ncc[nH]1. The Labute approximate surface area is 125 Å². The number of H-pyrrole nitrogens is 1. The third kappa shape index (κ3) is 3.73. The fourth-order valence-electron chi connectivity index (χ4n) is 1.69. The van der Waals surface area contributed by atoms with Crippen LogP contribution in [0, 0.1) is 0 Å². The average molecular weight is 309 g/mol. The molecule has 110 valence electrons. The molecule has 4 N–H and O–H groups in total. The second-order valence-corrected chi connectivity index (χ2v) is 4.70. The molecule has 1 atom stereocenters. The number of carbonyl (C=O) groups excluding carboxylic acids is 1. The van der Waals surface area contributed by atoms with Gasteiger partial charge in [-0.3, -0.25) is 0 Å². The summed E-state index contributed by atoms with van der Waals surface area (Å²) in [7, 11) is 0. The first-order valence-corrected chi connectivity index (χ1v) is 6.45. The predicted molar refractivity (Wildman–Crippen MR) is 77.6 cm³/mol. The minimum Gasteiger partial charge on any atom is -0.478 e. The van der Waals surface area contributed by atoms with Gasteiger partial charge in [0.2, 0.25) is 0 Å². The van der Waals surface area contributed by atoms with Crippen molar-refractivity contribution < 1.29 is 14.7 Å². The van der Waals surface area contributed by atoms with Gasteiger partial charge in [-0.2, -0.15) is 0 Å². The highest BCUT2D eigenvalue weighted by Crippen LogP contribution is 2.23. The minimum atomic E-state index is -1.08. The third-order valence-corrected chi connectivity index (χ3v) is 3.05. The van der Waals surface area contributed by atoms with Crippen LogP contribution in [0.5, 0.6) is 0 Å². The molecule has 2 rings (SSSR count). The van der Waals surface area contributed by atoms with E-state index in [-0.39, 0.29) is 16.6 Å². The lowest BCUT2D eigenvalue weighted by Crippen LogP contribution is -2.31. The molecule has 21 heavy (non-hydrogen) atoms. The van der Waals surface area contributed by atoms with Crippen LogP contribution in [0.2, 0.25) is 5.02 Å². The van der Waals surface area contributed by atoms with Gasteiger partial charge in [0, 0.05) is 12.4 Å². The molecule has 1 aromatic heterocycles. The number of halogens is 1. The van der Waals surface area contributed by atoms with E-state index in [1.54, 1.807) is 19.3 Å². The molecule has 0 fully saturated rings. The smallest absolute Gasteiger partial charge is 0.335 e. The molecule has 0 aliphatic heterocycles. The van der Waals surface area contributed by atoms with E-state index >= 15 is 0 Å². The van der Waals surface area contributed by atoms with Crippen LogP contribution in [-0.2, 0) is 0 Å². The molecule has 0 bridgehead atoms. The summed E-state index contributed by atoms with van der Waals surface area (Å²) in [5.41, 5.74) is 0.376. The van der Waals surface area contributed by atoms with Crippen molar-refractivity contribution in [3.8, 4) is 0 Å². The average Bonchev–Trinajstić information content (AvgIpc) is 2.94. The predicted octanol–water partition coefficient (Wildman–Crippen LogP) is 2.64. The van der Waals surface area contributed by atoms with Crippen molar-refractivity contribution in [1.29, 1.82) is 0 Å². The number of carbonyl (C=O) groups is 2. The number of anilines is 1. The van der Waals surface area contributed by atoms with Crippen LogP contribution < -0.4 is 10.6 Å². The van der Waals surface area contributed by atoms with Crippen LogP contribution in [0.4, 0.5) is 10.5 Å². The van der Waals surface area contributed by atoms with Crippen LogP contribution >= 0.6 is 11.6 Å². The number of nitrogens with zero attached hydrogens (tertiary/aromatic N) is 1. The van der Waals surface area contributed by atoms with Crippen LogP contribution in [0.25, 0.3) is 0 Å². The zero-order valence-electron chi connectivity index (χ0n) is 11.1. The van der Waals surface area contributed by atoms with Gasteiger partial charge in [0.15, 0.2) is 0 Å². The molecular weight excluding hydrogens is 296 g/mol. The molecular formula is C13H13ClN4O3. The number of aromatic carboxylic acids is 1. The molecule has 2 aromatic rings. The van der Waals surface area contributed by atoms with Gasteiger partial charge in [0.25, 0.3) is 0 Å². The number of aromatic nitrogens is 2. The number of rotatable bonds is 4. The molecule has 0 saturated heterocycles. The molecule has 0 aliphatic rings. The maximum Gasteiger partial charge on any atom is 0.335 e. The van der Waals surface area contributed by atoms with Crippen LogP contribution in [0.1, 0.15) is 29.1 Å². The highest BCUT2D eigenvalue weighted by Gasteiger charge is 2.13. The number of carboxylic acids is 1. The summed E-state index contributed by atoms with van der Waals surface area (Å²) >= 11 is 5.93. The second kappa shape index (κ2) is 6.27. The zero-order chi connectivity index (χ0) is 15.4. The topological polar surface area (TPSA) is 107 Å². The quantitative estimate of drug-likeness (QED) is 0.696. The first-order valence-electron chi connectivity index (χ1n) is 6.07. The Balaban J connectivity index is 2.01. The Morgan fingerprint density at radius 2 is 2.19 bits per heavy atom. The van der Waals surface area contributed by atoms with Gasteiger partial charge in [0.1, 0.15) is 5.82 Å². The van der Waals surface area contributed by atoms with E-state index in [1.807, 2.05) is 0 Å². The largest absolute Gasteiger partial charge is 0.478 e. The highest BCUT2D eigenvalue weighted by atomic mass is 35.5. The molecule has 1 unspecified atom stereocenters. The van der Waals surface area contributed by atoms with Crippen molar-refractivity contribution in [2.24, 2.45) is 0 Å². The van der Waals surface area contributed by atoms with Crippen molar-refractivity contribution in [2.75, 3.05) is 5.32 Å². The van der Waals surface area contributed by atoms with Gasteiger partial charge in [-0.05, 0) is 25.1 Å². The molecule has 0 spiro atoms. The summed E-state index contributed by atoms with van der Waals surface area (Å²) < 4.78 is 0. The molecule has 1 aromatic carbocycles. The number of imidazole rings is 1. The van der Waals surface area contributed by atoms with E-state index in [0.717, 1.165) is 0 Å². The summed E-state index contributed by atoms with van der Waals surface area (Å²) in [6.45, 7) is 1.77. The van der Waals surface area contributed by atoms with Crippen LogP contribution in [-0.4, -0.2) is 27.1 Å². The summed E-state index contributed by atoms with van der Waals surface area (Å²) in [5, 5.41) is 14.2. The van der Waals surface area contributed by atoms with E-state index in [9.17, 15) is 9.59 Å². The number of amides is 2. The lowest BCUT2D eigenvalue weighted by atomic mass is 10.2. The van der Waals surface area contributed by atoms with Crippen LogP contribution in [0.15, 0.2) is 30.6 Å². The molecule has 2 amide bonds. The number of benzene rings is 1. The van der Waals surface area contributed by atoms with Gasteiger partial charge in [-0.15, -0.1) is 0 Å². The van der Waals surface area contributed by atoms with Gasteiger partial charge in [0.05, 0.1) is 22.3 Å². The van der Waals surface area contributed by atoms with E-state index in [1.165, 1.54) is 18.2 Å². The third-order valence-electron chi connectivity index (χ3n) is 2.74. The fraction of sp³-hybridized carbons (Fsp3) is 0.154. The molecule has 0 radical (unpaired) electrons. The normalized spacial score (nSPS) is 11.7. The molecule has 7 nitrogen and oxygen atoms in total. The van der Waals surface area contributed by atoms with Gasteiger partial charge in [-0.25, -0.2) is 14.6 Å². The van der Waals surface area contributed by atoms with Crippen molar-refractivity contribution in [2.45, 2.75) is 13.0 Å². The highest BCUT2D eigenvalue weighted by molar-refractivity contribution is 6.34. The number of nitrogens with one attached hydrogen (secondary N) is 3. The Hall–Kier alpha value is -2.54. The van der Waals surface area contributed by atoms with Crippen molar-refractivity contribution in [3.63, 3.8) is 0 Å². The van der Waals surface area contributed by atoms with Crippen molar-refractivity contribution in [1.82, 2.24) is 15.3 Å².